The SMILES string of the molecule is Cc1ccc2c(c1)N1C(=CC2C)CSC1=NC(=S)ON(C)Cc1ccc(-c2ncn(-c3ccc(OC(F)(F)F)cc3)n2)cc1. The van der Waals surface area contributed by atoms with Crippen LogP contribution in [0.3, 0.4) is 0 Å². The molecule has 226 valence electrons. The van der Waals surface area contributed by atoms with E-state index >= 15 is 0 Å². The van der Waals surface area contributed by atoms with Crippen molar-refractivity contribution in [1.29, 1.82) is 0 Å². The van der Waals surface area contributed by atoms with E-state index in [1.165, 1.54) is 52.1 Å². The van der Waals surface area contributed by atoms with Crippen LogP contribution in [0.5, 0.6) is 5.75 Å². The van der Waals surface area contributed by atoms with Gasteiger partial charge in [-0.2, -0.15) is 4.99 Å². The van der Waals surface area contributed by atoms with Gasteiger partial charge in [-0.3, -0.25) is 4.90 Å². The molecule has 3 heterocycles. The monoisotopic (exact) mass is 636 g/mol. The number of aliphatic imine (C=N–C) groups is 1. The van der Waals surface area contributed by atoms with Gasteiger partial charge < -0.3 is 9.57 Å². The highest BCUT2D eigenvalue weighted by Crippen LogP contribution is 2.43. The first-order valence-electron chi connectivity index (χ1n) is 13.7. The molecule has 0 amide bonds. The summed E-state index contributed by atoms with van der Waals surface area (Å²) in [4.78, 5) is 17.0. The summed E-state index contributed by atoms with van der Waals surface area (Å²) >= 11 is 7.14. The third kappa shape index (κ3) is 6.64. The first-order valence-corrected chi connectivity index (χ1v) is 15.0. The van der Waals surface area contributed by atoms with Crippen molar-refractivity contribution in [2.75, 3.05) is 17.7 Å². The number of ether oxygens (including phenoxy) is 1. The Morgan fingerprint density at radius 3 is 2.59 bits per heavy atom. The zero-order chi connectivity index (χ0) is 31.0. The quantitative estimate of drug-likeness (QED) is 0.160. The zero-order valence-electron chi connectivity index (χ0n) is 23.9. The lowest BCUT2D eigenvalue weighted by atomic mass is 9.93. The molecule has 4 aromatic rings. The number of fused-ring (bicyclic) bond motifs is 3. The van der Waals surface area contributed by atoms with Crippen LogP contribution >= 0.6 is 24.0 Å². The summed E-state index contributed by atoms with van der Waals surface area (Å²) in [6.07, 6.45) is -0.967. The molecule has 2 aliphatic rings. The molecule has 1 unspecified atom stereocenters. The summed E-state index contributed by atoms with van der Waals surface area (Å²) in [6, 6.07) is 19.6. The zero-order valence-corrected chi connectivity index (χ0v) is 25.6. The van der Waals surface area contributed by atoms with Gasteiger partial charge in [-0.1, -0.05) is 61.2 Å². The lowest BCUT2D eigenvalue weighted by Gasteiger charge is -2.30. The molecule has 0 spiro atoms. The van der Waals surface area contributed by atoms with E-state index in [0.29, 0.717) is 24.0 Å². The predicted molar refractivity (Wildman–Crippen MR) is 169 cm³/mol. The van der Waals surface area contributed by atoms with Crippen molar-refractivity contribution in [2.45, 2.75) is 32.7 Å². The standard InChI is InChI=1S/C31H27F3N6O2S2/c1-19-4-13-26-20(2)15-24-17-44-29(40(24)27(26)14-19)36-30(43)42-38(3)16-21-5-7-22(8-6-21)28-35-18-39(37-28)23-9-11-25(12-10-23)41-31(32,33)34/h4-15,18,20H,16-17H2,1-3H3. The van der Waals surface area contributed by atoms with Crippen LogP contribution in [0.1, 0.15) is 29.5 Å². The van der Waals surface area contributed by atoms with Gasteiger partial charge in [0.05, 0.1) is 17.9 Å². The number of alkyl halides is 3. The van der Waals surface area contributed by atoms with Crippen LogP contribution in [0.15, 0.2) is 89.8 Å². The number of amidine groups is 1. The summed E-state index contributed by atoms with van der Waals surface area (Å²) in [5.41, 5.74) is 7.11. The minimum atomic E-state index is -4.74. The Kier molecular flexibility index (Phi) is 8.18. The smallest absolute Gasteiger partial charge is 0.406 e. The van der Waals surface area contributed by atoms with Gasteiger partial charge in [0.2, 0.25) is 0 Å². The van der Waals surface area contributed by atoms with Gasteiger partial charge in [-0.25, -0.2) is 9.67 Å². The molecular weight excluding hydrogens is 610 g/mol. The molecule has 0 N–H and O–H groups in total. The summed E-state index contributed by atoms with van der Waals surface area (Å²) in [7, 11) is 1.79. The fourth-order valence-electron chi connectivity index (χ4n) is 5.06. The number of thiocarbonyl (C=S) groups is 1. The minimum absolute atomic E-state index is 0.133. The van der Waals surface area contributed by atoms with Crippen molar-refractivity contribution in [3.8, 4) is 22.8 Å². The first kappa shape index (κ1) is 29.9. The molecular formula is C31H27F3N6O2S2. The van der Waals surface area contributed by atoms with E-state index in [2.05, 4.69) is 62.8 Å². The molecule has 0 radical (unpaired) electrons. The molecule has 44 heavy (non-hydrogen) atoms. The number of allylic oxidation sites excluding steroid dienone is 1. The van der Waals surface area contributed by atoms with Gasteiger partial charge in [0, 0.05) is 30.0 Å². The van der Waals surface area contributed by atoms with Gasteiger partial charge in [0.25, 0.3) is 0 Å². The van der Waals surface area contributed by atoms with Gasteiger partial charge in [0.15, 0.2) is 11.0 Å². The van der Waals surface area contributed by atoms with E-state index in [9.17, 15) is 13.2 Å². The number of benzene rings is 3. The fourth-order valence-corrected chi connectivity index (χ4v) is 6.33. The topological polar surface area (TPSA) is 68.0 Å². The van der Waals surface area contributed by atoms with Gasteiger partial charge in [-0.05, 0) is 66.2 Å². The third-order valence-electron chi connectivity index (χ3n) is 7.05. The molecule has 2 aliphatic heterocycles. The van der Waals surface area contributed by atoms with Crippen molar-refractivity contribution < 1.29 is 22.7 Å². The van der Waals surface area contributed by atoms with E-state index in [4.69, 9.17) is 17.1 Å². The molecule has 13 heteroatoms. The molecule has 6 rings (SSSR count). The lowest BCUT2D eigenvalue weighted by molar-refractivity contribution is -0.274. The van der Waals surface area contributed by atoms with E-state index in [0.717, 1.165) is 27.7 Å². The number of aryl methyl sites for hydroxylation is 1. The third-order valence-corrected chi connectivity index (χ3v) is 8.19. The van der Waals surface area contributed by atoms with Crippen LogP contribution in [0.2, 0.25) is 0 Å². The van der Waals surface area contributed by atoms with Crippen LogP contribution in [0, 0.1) is 6.92 Å². The molecule has 1 saturated heterocycles. The summed E-state index contributed by atoms with van der Waals surface area (Å²) in [5, 5.41) is 7.02. The van der Waals surface area contributed by atoms with Crippen molar-refractivity contribution in [2.24, 2.45) is 4.99 Å². The molecule has 0 aliphatic carbocycles. The van der Waals surface area contributed by atoms with Crippen LogP contribution < -0.4 is 9.64 Å². The van der Waals surface area contributed by atoms with Gasteiger partial charge in [-0.15, -0.1) is 23.3 Å². The Hall–Kier alpha value is -4.20. The number of hydroxylamine groups is 2. The minimum Gasteiger partial charge on any atom is -0.406 e. The van der Waals surface area contributed by atoms with Crippen LogP contribution in [-0.4, -0.2) is 49.3 Å². The highest BCUT2D eigenvalue weighted by molar-refractivity contribution is 8.14. The second-order valence-corrected chi connectivity index (χ2v) is 11.7. The summed E-state index contributed by atoms with van der Waals surface area (Å²) in [6.45, 7) is 4.75. The van der Waals surface area contributed by atoms with Crippen LogP contribution in [0.4, 0.5) is 18.9 Å². The average Bonchev–Trinajstić information content (AvgIpc) is 3.61. The number of thioether (sulfide) groups is 1. The van der Waals surface area contributed by atoms with Gasteiger partial charge >= 0.3 is 11.5 Å². The van der Waals surface area contributed by atoms with Crippen molar-refractivity contribution in [3.05, 3.63) is 102 Å². The molecule has 1 atom stereocenters. The molecule has 8 nitrogen and oxygen atoms in total. The number of nitrogens with zero attached hydrogens (tertiary/aromatic N) is 6. The molecule has 0 saturated carbocycles. The normalized spacial score (nSPS) is 17.0. The largest absolute Gasteiger partial charge is 0.573 e. The molecule has 1 aromatic heterocycles. The molecule has 0 bridgehead atoms. The second-order valence-electron chi connectivity index (χ2n) is 10.4. The Balaban J connectivity index is 1.07. The molecule has 3 aromatic carbocycles. The Labute approximate surface area is 261 Å². The average molecular weight is 637 g/mol. The maximum absolute atomic E-state index is 12.4. The van der Waals surface area contributed by atoms with Crippen molar-refractivity contribution in [1.82, 2.24) is 19.8 Å². The fraction of sp³-hybridized carbons (Fsp3) is 0.226. The maximum Gasteiger partial charge on any atom is 0.573 e. The van der Waals surface area contributed by atoms with Gasteiger partial charge in [0.1, 0.15) is 12.1 Å². The van der Waals surface area contributed by atoms with E-state index in [1.807, 2.05) is 24.3 Å². The number of halogens is 3. The number of rotatable bonds is 6. The molecule has 1 fully saturated rings. The van der Waals surface area contributed by atoms with E-state index in [-0.39, 0.29) is 10.9 Å². The summed E-state index contributed by atoms with van der Waals surface area (Å²) < 4.78 is 42.7. The Morgan fingerprint density at radius 2 is 1.86 bits per heavy atom. The number of anilines is 1. The van der Waals surface area contributed by atoms with Crippen LogP contribution in [-0.2, 0) is 11.4 Å². The summed E-state index contributed by atoms with van der Waals surface area (Å²) in [5.74, 6) is 1.34. The highest BCUT2D eigenvalue weighted by Gasteiger charge is 2.33. The number of hydrogen-bond donors (Lipinski definition) is 0. The lowest BCUT2D eigenvalue weighted by Crippen LogP contribution is -2.28. The predicted octanol–water partition coefficient (Wildman–Crippen LogP) is 7.40. The van der Waals surface area contributed by atoms with E-state index < -0.39 is 6.36 Å². The highest BCUT2D eigenvalue weighted by atomic mass is 32.2. The number of hydrogen-bond acceptors (Lipinski definition) is 7. The second kappa shape index (κ2) is 12.1. The Morgan fingerprint density at radius 1 is 1.11 bits per heavy atom. The first-order chi connectivity index (χ1) is 21.0. The van der Waals surface area contributed by atoms with Crippen molar-refractivity contribution in [3.63, 3.8) is 0 Å². The Bertz CT molecular complexity index is 1750. The number of aromatic nitrogens is 3. The van der Waals surface area contributed by atoms with Crippen LogP contribution in [0.25, 0.3) is 17.1 Å². The maximum atomic E-state index is 12.4. The van der Waals surface area contributed by atoms with Crippen molar-refractivity contribution >= 4 is 40.0 Å². The van der Waals surface area contributed by atoms with E-state index in [1.54, 1.807) is 23.9 Å².